The maximum Gasteiger partial charge on any atom is 0.262 e. The molecule has 5 nitrogen and oxygen atoms in total. The van der Waals surface area contributed by atoms with Gasteiger partial charge in [0.05, 0.1) is 11.7 Å². The zero-order valence-electron chi connectivity index (χ0n) is 14.3. The van der Waals surface area contributed by atoms with Crippen LogP contribution in [0.5, 0.6) is 0 Å². The van der Waals surface area contributed by atoms with Crippen LogP contribution in [-0.2, 0) is 11.3 Å². The molecule has 132 valence electrons. The van der Waals surface area contributed by atoms with Crippen molar-refractivity contribution in [3.63, 3.8) is 0 Å². The topological polar surface area (TPSA) is 55.2 Å². The number of aromatic nitrogens is 2. The van der Waals surface area contributed by atoms with Crippen LogP contribution in [0, 0.1) is 0 Å². The van der Waals surface area contributed by atoms with E-state index in [0.717, 1.165) is 17.8 Å². The molecule has 1 amide bonds. The van der Waals surface area contributed by atoms with Gasteiger partial charge in [0.2, 0.25) is 5.91 Å². The van der Waals surface area contributed by atoms with E-state index >= 15 is 0 Å². The maximum absolute atomic E-state index is 12.5. The van der Waals surface area contributed by atoms with Crippen LogP contribution in [0.1, 0.15) is 18.4 Å². The molecule has 0 spiro atoms. The normalized spacial score (nSPS) is 14.5. The van der Waals surface area contributed by atoms with Gasteiger partial charge in [0.1, 0.15) is 4.83 Å². The van der Waals surface area contributed by atoms with Crippen LogP contribution in [0.4, 0.5) is 0 Å². The zero-order chi connectivity index (χ0) is 17.9. The summed E-state index contributed by atoms with van der Waals surface area (Å²) < 4.78 is 1.53. The van der Waals surface area contributed by atoms with Crippen molar-refractivity contribution >= 4 is 33.0 Å². The number of aryl methyl sites for hydroxylation is 1. The summed E-state index contributed by atoms with van der Waals surface area (Å²) in [5, 5.41) is 2.48. The van der Waals surface area contributed by atoms with E-state index in [2.05, 4.69) is 23.2 Å². The lowest BCUT2D eigenvalue weighted by molar-refractivity contribution is -0.131. The molecule has 0 bridgehead atoms. The molecule has 6 heteroatoms. The highest BCUT2D eigenvalue weighted by Gasteiger charge is 2.18. The van der Waals surface area contributed by atoms with Crippen LogP contribution in [-0.4, -0.2) is 33.4 Å². The predicted octanol–water partition coefficient (Wildman–Crippen LogP) is 3.16. The second kappa shape index (κ2) is 7.25. The van der Waals surface area contributed by atoms with Gasteiger partial charge >= 0.3 is 0 Å². The van der Waals surface area contributed by atoms with E-state index in [1.54, 1.807) is 6.07 Å². The van der Waals surface area contributed by atoms with E-state index in [9.17, 15) is 9.59 Å². The molecule has 1 aliphatic rings. The molecule has 0 saturated heterocycles. The Kier molecular flexibility index (Phi) is 4.67. The summed E-state index contributed by atoms with van der Waals surface area (Å²) in [6.07, 6.45) is 4.84. The van der Waals surface area contributed by atoms with Crippen molar-refractivity contribution in [3.05, 3.63) is 70.1 Å². The summed E-state index contributed by atoms with van der Waals surface area (Å²) in [5.41, 5.74) is 2.44. The van der Waals surface area contributed by atoms with Crippen molar-refractivity contribution in [2.75, 3.05) is 13.1 Å². The van der Waals surface area contributed by atoms with E-state index < -0.39 is 0 Å². The number of rotatable bonds is 4. The van der Waals surface area contributed by atoms with Gasteiger partial charge in [-0.1, -0.05) is 36.4 Å². The first kappa shape index (κ1) is 16.7. The molecule has 0 atom stereocenters. The Morgan fingerprint density at radius 1 is 1.19 bits per heavy atom. The maximum atomic E-state index is 12.5. The van der Waals surface area contributed by atoms with Gasteiger partial charge in [-0.3, -0.25) is 14.2 Å². The first-order valence-corrected chi connectivity index (χ1v) is 9.55. The number of nitrogens with zero attached hydrogens (tertiary/aromatic N) is 3. The van der Waals surface area contributed by atoms with Gasteiger partial charge in [0, 0.05) is 26.1 Å². The molecule has 0 radical (unpaired) electrons. The number of amides is 1. The van der Waals surface area contributed by atoms with Gasteiger partial charge in [0.25, 0.3) is 5.56 Å². The second-order valence-corrected chi connectivity index (χ2v) is 7.21. The van der Waals surface area contributed by atoms with Crippen LogP contribution >= 0.6 is 11.3 Å². The van der Waals surface area contributed by atoms with Crippen LogP contribution in [0.3, 0.4) is 0 Å². The third kappa shape index (κ3) is 3.32. The Morgan fingerprint density at radius 2 is 2.04 bits per heavy atom. The summed E-state index contributed by atoms with van der Waals surface area (Å²) in [6.45, 7) is 1.71. The molecule has 4 rings (SSSR count). The summed E-state index contributed by atoms with van der Waals surface area (Å²) in [6, 6.07) is 12.1. The molecule has 2 aromatic heterocycles. The van der Waals surface area contributed by atoms with Crippen molar-refractivity contribution in [3.8, 4) is 0 Å². The van der Waals surface area contributed by atoms with E-state index in [1.165, 1.54) is 33.4 Å². The van der Waals surface area contributed by atoms with Gasteiger partial charge in [-0.15, -0.1) is 11.3 Å². The largest absolute Gasteiger partial charge is 0.339 e. The minimum absolute atomic E-state index is 0.0747. The second-order valence-electron chi connectivity index (χ2n) is 6.32. The lowest BCUT2D eigenvalue weighted by Gasteiger charge is -2.27. The third-order valence-corrected chi connectivity index (χ3v) is 5.54. The van der Waals surface area contributed by atoms with E-state index in [-0.39, 0.29) is 11.5 Å². The minimum atomic E-state index is -0.0750. The Balaban J connectivity index is 1.39. The fraction of sp³-hybridized carbons (Fsp3) is 0.250. The van der Waals surface area contributed by atoms with E-state index in [1.807, 2.05) is 28.5 Å². The highest BCUT2D eigenvalue weighted by molar-refractivity contribution is 7.16. The van der Waals surface area contributed by atoms with Gasteiger partial charge in [-0.25, -0.2) is 4.98 Å². The standard InChI is InChI=1S/C20H19N3O2S/c24-18(8-12-23-14-21-19-17(20(23)25)9-13-26-19)22-10-6-16(7-11-22)15-4-2-1-3-5-15/h1-6,9,13-14H,7-8,10-12H2. The molecule has 1 aromatic carbocycles. The van der Waals surface area contributed by atoms with Crippen LogP contribution < -0.4 is 5.56 Å². The molecule has 0 unspecified atom stereocenters. The molecule has 3 heterocycles. The van der Waals surface area contributed by atoms with Crippen LogP contribution in [0.15, 0.2) is 59.0 Å². The number of thiophene rings is 1. The number of benzene rings is 1. The molecule has 0 N–H and O–H groups in total. The van der Waals surface area contributed by atoms with Gasteiger partial charge in [0.15, 0.2) is 0 Å². The monoisotopic (exact) mass is 365 g/mol. The molecular formula is C20H19N3O2S. The lowest BCUT2D eigenvalue weighted by Crippen LogP contribution is -2.35. The molecular weight excluding hydrogens is 346 g/mol. The van der Waals surface area contributed by atoms with Gasteiger partial charge in [-0.05, 0) is 29.0 Å². The van der Waals surface area contributed by atoms with Gasteiger partial charge in [-0.2, -0.15) is 0 Å². The molecule has 0 saturated carbocycles. The van der Waals surface area contributed by atoms with Crippen molar-refractivity contribution in [2.24, 2.45) is 0 Å². The highest BCUT2D eigenvalue weighted by Crippen LogP contribution is 2.22. The van der Waals surface area contributed by atoms with Gasteiger partial charge < -0.3 is 4.90 Å². The number of carbonyl (C=O) groups is 1. The zero-order valence-corrected chi connectivity index (χ0v) is 15.1. The molecule has 1 aliphatic heterocycles. The summed E-state index contributed by atoms with van der Waals surface area (Å²) >= 11 is 1.45. The summed E-state index contributed by atoms with van der Waals surface area (Å²) in [7, 11) is 0. The lowest BCUT2D eigenvalue weighted by atomic mass is 9.99. The summed E-state index contributed by atoms with van der Waals surface area (Å²) in [4.78, 5) is 31.8. The fourth-order valence-electron chi connectivity index (χ4n) is 3.24. The number of fused-ring (bicyclic) bond motifs is 1. The van der Waals surface area contributed by atoms with E-state index in [0.29, 0.717) is 24.9 Å². The van der Waals surface area contributed by atoms with Crippen LogP contribution in [0.2, 0.25) is 0 Å². The predicted molar refractivity (Wildman–Crippen MR) is 104 cm³/mol. The minimum Gasteiger partial charge on any atom is -0.339 e. The summed E-state index contributed by atoms with van der Waals surface area (Å²) in [5.74, 6) is 0.0747. The smallest absolute Gasteiger partial charge is 0.262 e. The van der Waals surface area contributed by atoms with Crippen molar-refractivity contribution < 1.29 is 4.79 Å². The SMILES string of the molecule is O=C(CCn1cnc2sccc2c1=O)N1CC=C(c2ccccc2)CC1. The fourth-order valence-corrected chi connectivity index (χ4v) is 3.96. The number of hydrogen-bond acceptors (Lipinski definition) is 4. The Bertz CT molecular complexity index is 1020. The van der Waals surface area contributed by atoms with Crippen molar-refractivity contribution in [1.82, 2.24) is 14.5 Å². The number of carbonyl (C=O) groups excluding carboxylic acids is 1. The average Bonchev–Trinajstić information content (AvgIpc) is 3.18. The number of hydrogen-bond donors (Lipinski definition) is 0. The van der Waals surface area contributed by atoms with Crippen molar-refractivity contribution in [1.29, 1.82) is 0 Å². The Labute approximate surface area is 155 Å². The first-order valence-electron chi connectivity index (χ1n) is 8.67. The molecule has 26 heavy (non-hydrogen) atoms. The molecule has 0 aliphatic carbocycles. The molecule has 3 aromatic rings. The van der Waals surface area contributed by atoms with E-state index in [4.69, 9.17) is 0 Å². The quantitative estimate of drug-likeness (QED) is 0.714. The third-order valence-electron chi connectivity index (χ3n) is 4.72. The average molecular weight is 365 g/mol. The van der Waals surface area contributed by atoms with Crippen molar-refractivity contribution in [2.45, 2.75) is 19.4 Å². The highest BCUT2D eigenvalue weighted by atomic mass is 32.1. The Hall–Kier alpha value is -2.73. The Morgan fingerprint density at radius 3 is 2.81 bits per heavy atom. The molecule has 0 fully saturated rings. The first-order chi connectivity index (χ1) is 12.7. The van der Waals surface area contributed by atoms with Crippen LogP contribution in [0.25, 0.3) is 15.8 Å².